The van der Waals surface area contributed by atoms with Gasteiger partial charge < -0.3 is 15.5 Å². The first-order valence-corrected chi connectivity index (χ1v) is 9.82. The summed E-state index contributed by atoms with van der Waals surface area (Å²) in [5.74, 6) is 0.932. The highest BCUT2D eigenvalue weighted by molar-refractivity contribution is 14.0. The molecule has 2 unspecified atom stereocenters. The van der Waals surface area contributed by atoms with E-state index in [9.17, 15) is 0 Å². The van der Waals surface area contributed by atoms with E-state index in [2.05, 4.69) is 92.6 Å². The molecule has 0 aliphatic carbocycles. The molecule has 1 aliphatic heterocycles. The van der Waals surface area contributed by atoms with Gasteiger partial charge >= 0.3 is 0 Å². The number of halogens is 1. The molecule has 1 saturated heterocycles. The van der Waals surface area contributed by atoms with Crippen molar-refractivity contribution in [2.75, 3.05) is 33.7 Å². The minimum Gasteiger partial charge on any atom is -0.357 e. The lowest BCUT2D eigenvalue weighted by molar-refractivity contribution is 0.204. The van der Waals surface area contributed by atoms with E-state index in [1.807, 2.05) is 0 Å². The molecule has 0 spiro atoms. The Kier molecular flexibility index (Phi) is 10.0. The molecule has 0 saturated carbocycles. The lowest BCUT2D eigenvalue weighted by Gasteiger charge is -2.31. The summed E-state index contributed by atoms with van der Waals surface area (Å²) in [6.45, 7) is 12.6. The number of likely N-dealkylation sites (N-methyl/N-ethyl adjacent to an activating group) is 1. The quantitative estimate of drug-likeness (QED) is 0.353. The van der Waals surface area contributed by atoms with Crippen LogP contribution in [-0.2, 0) is 6.54 Å². The monoisotopic (exact) mass is 487 g/mol. The third-order valence-electron chi connectivity index (χ3n) is 5.45. The second-order valence-corrected chi connectivity index (χ2v) is 8.24. The fourth-order valence-electron chi connectivity index (χ4n) is 3.17. The number of aliphatic imine (C=N–C) groups is 1. The molecule has 6 heteroatoms. The summed E-state index contributed by atoms with van der Waals surface area (Å²) in [6, 6.07) is 11.8. The van der Waals surface area contributed by atoms with Crippen LogP contribution in [0.1, 0.15) is 39.7 Å². The third-order valence-corrected chi connectivity index (χ3v) is 5.45. The Hall–Kier alpha value is -0.860. The van der Waals surface area contributed by atoms with Gasteiger partial charge in [0.25, 0.3) is 0 Å². The minimum atomic E-state index is 0. The molecule has 1 aliphatic rings. The number of benzene rings is 1. The molecule has 154 valence electrons. The summed E-state index contributed by atoms with van der Waals surface area (Å²) in [5, 5.41) is 7.06. The van der Waals surface area contributed by atoms with E-state index in [4.69, 9.17) is 4.99 Å². The maximum atomic E-state index is 4.84. The minimum absolute atomic E-state index is 0. The van der Waals surface area contributed by atoms with E-state index >= 15 is 0 Å². The van der Waals surface area contributed by atoms with E-state index in [-0.39, 0.29) is 29.5 Å². The fourth-order valence-corrected chi connectivity index (χ4v) is 3.17. The van der Waals surface area contributed by atoms with Gasteiger partial charge in [0.2, 0.25) is 0 Å². The summed E-state index contributed by atoms with van der Waals surface area (Å²) in [7, 11) is 4.21. The van der Waals surface area contributed by atoms with Crippen molar-refractivity contribution in [2.45, 2.75) is 58.3 Å². The zero-order chi connectivity index (χ0) is 19.2. The van der Waals surface area contributed by atoms with Crippen LogP contribution in [0.5, 0.6) is 0 Å². The van der Waals surface area contributed by atoms with Gasteiger partial charge in [-0.3, -0.25) is 9.89 Å². The van der Waals surface area contributed by atoms with E-state index in [0.29, 0.717) is 12.1 Å². The molecular weight excluding hydrogens is 449 g/mol. The standard InChI is InChI=1S/C21H37N5.HI/c1-7-22-20(23-16-21(3,4)25(5)6)24-19-13-17(2)26(15-19)14-18-11-9-8-10-12-18;/h8-12,17,19H,7,13-16H2,1-6H3,(H2,22,23,24);1H. The van der Waals surface area contributed by atoms with E-state index in [1.165, 1.54) is 5.56 Å². The van der Waals surface area contributed by atoms with Gasteiger partial charge in [0, 0.05) is 37.3 Å². The number of rotatable bonds is 7. The maximum Gasteiger partial charge on any atom is 0.191 e. The normalized spacial score (nSPS) is 21.2. The van der Waals surface area contributed by atoms with Crippen molar-refractivity contribution in [1.82, 2.24) is 20.4 Å². The summed E-state index contributed by atoms with van der Waals surface area (Å²) in [6.07, 6.45) is 1.15. The number of likely N-dealkylation sites (tertiary alicyclic amines) is 1. The molecule has 2 N–H and O–H groups in total. The Balaban J connectivity index is 0.00000364. The predicted octanol–water partition coefficient (Wildman–Crippen LogP) is 3.16. The molecule has 1 aromatic carbocycles. The number of nitrogens with zero attached hydrogens (tertiary/aromatic N) is 3. The highest BCUT2D eigenvalue weighted by atomic mass is 127. The molecule has 0 aromatic heterocycles. The van der Waals surface area contributed by atoms with E-state index in [1.54, 1.807) is 0 Å². The van der Waals surface area contributed by atoms with Crippen molar-refractivity contribution < 1.29 is 0 Å². The fraction of sp³-hybridized carbons (Fsp3) is 0.667. The van der Waals surface area contributed by atoms with Crippen LogP contribution in [0.25, 0.3) is 0 Å². The lowest BCUT2D eigenvalue weighted by Crippen LogP contribution is -2.47. The van der Waals surface area contributed by atoms with Gasteiger partial charge in [0.15, 0.2) is 5.96 Å². The average Bonchev–Trinajstić information content (AvgIpc) is 2.93. The summed E-state index contributed by atoms with van der Waals surface area (Å²) < 4.78 is 0. The average molecular weight is 487 g/mol. The molecule has 2 atom stereocenters. The second-order valence-electron chi connectivity index (χ2n) is 8.24. The first kappa shape index (κ1) is 24.2. The Morgan fingerprint density at radius 3 is 2.52 bits per heavy atom. The number of hydrogen-bond donors (Lipinski definition) is 2. The third kappa shape index (κ3) is 7.58. The first-order valence-electron chi connectivity index (χ1n) is 9.82. The molecule has 1 aromatic rings. The Bertz CT molecular complexity index is 573. The van der Waals surface area contributed by atoms with Crippen molar-refractivity contribution in [2.24, 2.45) is 4.99 Å². The van der Waals surface area contributed by atoms with Crippen LogP contribution >= 0.6 is 24.0 Å². The van der Waals surface area contributed by atoms with Gasteiger partial charge in [-0.15, -0.1) is 24.0 Å². The maximum absolute atomic E-state index is 4.84. The molecule has 2 rings (SSSR count). The molecular formula is C21H38IN5. The van der Waals surface area contributed by atoms with Crippen molar-refractivity contribution >= 4 is 29.9 Å². The van der Waals surface area contributed by atoms with Crippen LogP contribution in [0, 0.1) is 0 Å². The van der Waals surface area contributed by atoms with Crippen LogP contribution in [0.2, 0.25) is 0 Å². The van der Waals surface area contributed by atoms with Crippen molar-refractivity contribution in [3.05, 3.63) is 35.9 Å². The molecule has 27 heavy (non-hydrogen) atoms. The topological polar surface area (TPSA) is 42.9 Å². The Labute approximate surface area is 183 Å². The van der Waals surface area contributed by atoms with E-state index < -0.39 is 0 Å². The number of guanidine groups is 1. The molecule has 5 nitrogen and oxygen atoms in total. The van der Waals surface area contributed by atoms with Gasteiger partial charge in [-0.2, -0.15) is 0 Å². The molecule has 0 amide bonds. The van der Waals surface area contributed by atoms with Crippen molar-refractivity contribution in [3.63, 3.8) is 0 Å². The zero-order valence-electron chi connectivity index (χ0n) is 17.8. The van der Waals surface area contributed by atoms with Crippen molar-refractivity contribution in [1.29, 1.82) is 0 Å². The highest BCUT2D eigenvalue weighted by Gasteiger charge is 2.29. The SMILES string of the molecule is CCNC(=NCC(C)(C)N(C)C)NC1CC(C)N(Cc2ccccc2)C1.I. The lowest BCUT2D eigenvalue weighted by atomic mass is 10.1. The van der Waals surface area contributed by atoms with Crippen LogP contribution in [0.4, 0.5) is 0 Å². The second kappa shape index (κ2) is 11.2. The number of hydrogen-bond acceptors (Lipinski definition) is 3. The van der Waals surface area contributed by atoms with Gasteiger partial charge in [-0.1, -0.05) is 30.3 Å². The summed E-state index contributed by atoms with van der Waals surface area (Å²) in [5.41, 5.74) is 1.43. The van der Waals surface area contributed by atoms with Gasteiger partial charge in [0.05, 0.1) is 6.54 Å². The van der Waals surface area contributed by atoms with E-state index in [0.717, 1.165) is 38.6 Å². The predicted molar refractivity (Wildman–Crippen MR) is 127 cm³/mol. The Morgan fingerprint density at radius 1 is 1.26 bits per heavy atom. The van der Waals surface area contributed by atoms with Crippen LogP contribution in [0.3, 0.4) is 0 Å². The van der Waals surface area contributed by atoms with Gasteiger partial charge in [-0.05, 0) is 53.8 Å². The van der Waals surface area contributed by atoms with Crippen LogP contribution in [-0.4, -0.2) is 67.1 Å². The smallest absolute Gasteiger partial charge is 0.191 e. The molecule has 0 radical (unpaired) electrons. The zero-order valence-corrected chi connectivity index (χ0v) is 20.2. The Morgan fingerprint density at radius 2 is 1.93 bits per heavy atom. The number of nitrogens with one attached hydrogen (secondary N) is 2. The molecule has 1 heterocycles. The van der Waals surface area contributed by atoms with Gasteiger partial charge in [-0.25, -0.2) is 0 Å². The first-order chi connectivity index (χ1) is 12.3. The van der Waals surface area contributed by atoms with Crippen molar-refractivity contribution in [3.8, 4) is 0 Å². The van der Waals surface area contributed by atoms with Gasteiger partial charge in [0.1, 0.15) is 0 Å². The molecule has 0 bridgehead atoms. The molecule has 1 fully saturated rings. The summed E-state index contributed by atoms with van der Waals surface area (Å²) in [4.78, 5) is 9.62. The largest absolute Gasteiger partial charge is 0.357 e. The van der Waals surface area contributed by atoms with Crippen LogP contribution in [0.15, 0.2) is 35.3 Å². The summed E-state index contributed by atoms with van der Waals surface area (Å²) >= 11 is 0. The highest BCUT2D eigenvalue weighted by Crippen LogP contribution is 2.20. The van der Waals surface area contributed by atoms with Crippen LogP contribution < -0.4 is 10.6 Å².